The van der Waals surface area contributed by atoms with Gasteiger partial charge in [0.15, 0.2) is 0 Å². The Morgan fingerprint density at radius 3 is 2.29 bits per heavy atom. The van der Waals surface area contributed by atoms with Gasteiger partial charge in [0.2, 0.25) is 9.84 Å². The van der Waals surface area contributed by atoms with Crippen molar-refractivity contribution in [3.05, 3.63) is 24.3 Å². The Labute approximate surface area is 99.0 Å². The largest absolute Gasteiger partial charge is 0.370 e. The Hall–Kier alpha value is -1.17. The van der Waals surface area contributed by atoms with Gasteiger partial charge in [-0.2, -0.15) is 8.78 Å². The average molecular weight is 261 g/mol. The minimum absolute atomic E-state index is 0.267. The lowest BCUT2D eigenvalue weighted by atomic mass is 10.3. The van der Waals surface area contributed by atoms with Crippen LogP contribution >= 0.6 is 0 Å². The van der Waals surface area contributed by atoms with E-state index in [1.165, 1.54) is 12.1 Å². The molecule has 1 aliphatic heterocycles. The van der Waals surface area contributed by atoms with Gasteiger partial charge in [-0.3, -0.25) is 0 Å². The first-order chi connectivity index (χ1) is 8.03. The molecule has 1 fully saturated rings. The van der Waals surface area contributed by atoms with E-state index in [0.717, 1.165) is 25.9 Å². The van der Waals surface area contributed by atoms with Crippen LogP contribution in [0.25, 0.3) is 0 Å². The summed E-state index contributed by atoms with van der Waals surface area (Å²) in [7, 11) is -4.52. The SMILES string of the molecule is O=S(=O)(c1ccccc1N1CCCC1)C(F)F. The van der Waals surface area contributed by atoms with Gasteiger partial charge >= 0.3 is 5.76 Å². The third-order valence-corrected chi connectivity index (χ3v) is 4.28. The highest BCUT2D eigenvalue weighted by Crippen LogP contribution is 2.30. The molecular formula is C11H13F2NO2S. The van der Waals surface area contributed by atoms with Crippen LogP contribution in [0.3, 0.4) is 0 Å². The number of alkyl halides is 2. The van der Waals surface area contributed by atoms with Crippen LogP contribution in [0.5, 0.6) is 0 Å². The molecule has 1 aliphatic rings. The smallest absolute Gasteiger partial charge is 0.341 e. The summed E-state index contributed by atoms with van der Waals surface area (Å²) in [4.78, 5) is 1.58. The lowest BCUT2D eigenvalue weighted by molar-refractivity contribution is 0.235. The van der Waals surface area contributed by atoms with Crippen LogP contribution in [0.1, 0.15) is 12.8 Å². The van der Waals surface area contributed by atoms with Gasteiger partial charge in [-0.1, -0.05) is 12.1 Å². The van der Waals surface area contributed by atoms with E-state index in [1.54, 1.807) is 12.1 Å². The van der Waals surface area contributed by atoms with Crippen molar-refractivity contribution in [2.24, 2.45) is 0 Å². The fraction of sp³-hybridized carbons (Fsp3) is 0.455. The molecule has 0 N–H and O–H groups in total. The maximum absolute atomic E-state index is 12.6. The van der Waals surface area contributed by atoms with Crippen molar-refractivity contribution in [2.75, 3.05) is 18.0 Å². The second-order valence-corrected chi connectivity index (χ2v) is 5.85. The molecule has 0 atom stereocenters. The van der Waals surface area contributed by atoms with Gasteiger partial charge in [0.1, 0.15) is 0 Å². The van der Waals surface area contributed by atoms with E-state index in [0.29, 0.717) is 5.69 Å². The van der Waals surface area contributed by atoms with Crippen molar-refractivity contribution in [1.29, 1.82) is 0 Å². The summed E-state index contributed by atoms with van der Waals surface area (Å²) in [6.45, 7) is 1.44. The number of para-hydroxylation sites is 1. The van der Waals surface area contributed by atoms with Crippen molar-refractivity contribution < 1.29 is 17.2 Å². The van der Waals surface area contributed by atoms with E-state index >= 15 is 0 Å². The fourth-order valence-corrected chi connectivity index (χ4v) is 2.96. The zero-order valence-corrected chi connectivity index (χ0v) is 9.96. The van der Waals surface area contributed by atoms with Crippen LogP contribution in [-0.2, 0) is 9.84 Å². The summed E-state index contributed by atoms with van der Waals surface area (Å²) in [5.74, 6) is -3.37. The van der Waals surface area contributed by atoms with Crippen LogP contribution in [-0.4, -0.2) is 27.3 Å². The number of hydrogen-bond donors (Lipinski definition) is 0. The number of hydrogen-bond acceptors (Lipinski definition) is 3. The van der Waals surface area contributed by atoms with Gasteiger partial charge in [0.05, 0.1) is 10.6 Å². The lowest BCUT2D eigenvalue weighted by Gasteiger charge is -2.20. The molecule has 3 nitrogen and oxygen atoms in total. The van der Waals surface area contributed by atoms with Gasteiger partial charge in [-0.25, -0.2) is 8.42 Å². The highest BCUT2D eigenvalue weighted by molar-refractivity contribution is 7.91. The van der Waals surface area contributed by atoms with E-state index < -0.39 is 15.6 Å². The minimum Gasteiger partial charge on any atom is -0.370 e. The van der Waals surface area contributed by atoms with E-state index in [1.807, 2.05) is 4.90 Å². The normalized spacial score (nSPS) is 16.8. The molecule has 0 unspecified atom stereocenters. The number of halogens is 2. The van der Waals surface area contributed by atoms with E-state index in [4.69, 9.17) is 0 Å². The minimum atomic E-state index is -4.52. The number of rotatable bonds is 3. The van der Waals surface area contributed by atoms with Crippen molar-refractivity contribution >= 4 is 15.5 Å². The molecule has 1 aromatic rings. The molecule has 0 bridgehead atoms. The second-order valence-electron chi connectivity index (χ2n) is 3.97. The number of benzene rings is 1. The molecule has 94 valence electrons. The maximum atomic E-state index is 12.6. The average Bonchev–Trinajstić information content (AvgIpc) is 2.82. The summed E-state index contributed by atoms with van der Waals surface area (Å²) >= 11 is 0. The van der Waals surface area contributed by atoms with Crippen LogP contribution in [0.2, 0.25) is 0 Å². The zero-order chi connectivity index (χ0) is 12.5. The topological polar surface area (TPSA) is 37.4 Å². The Bertz CT molecular complexity index is 496. The number of anilines is 1. The zero-order valence-electron chi connectivity index (χ0n) is 9.14. The molecule has 0 amide bonds. The third-order valence-electron chi connectivity index (χ3n) is 2.85. The first-order valence-electron chi connectivity index (χ1n) is 5.39. The molecule has 0 saturated carbocycles. The maximum Gasteiger partial charge on any atom is 0.341 e. The molecule has 0 radical (unpaired) electrons. The highest BCUT2D eigenvalue weighted by Gasteiger charge is 2.30. The van der Waals surface area contributed by atoms with Crippen molar-refractivity contribution in [3.63, 3.8) is 0 Å². The third kappa shape index (κ3) is 2.26. The molecule has 0 aromatic heterocycles. The Morgan fingerprint density at radius 2 is 1.71 bits per heavy atom. The first-order valence-corrected chi connectivity index (χ1v) is 6.94. The molecule has 1 heterocycles. The molecule has 2 rings (SSSR count). The lowest BCUT2D eigenvalue weighted by Crippen LogP contribution is -2.22. The summed E-state index contributed by atoms with van der Waals surface area (Å²) in [6, 6.07) is 5.96. The van der Waals surface area contributed by atoms with Crippen LogP contribution in [0.15, 0.2) is 29.2 Å². The molecule has 0 spiro atoms. The van der Waals surface area contributed by atoms with E-state index in [2.05, 4.69) is 0 Å². The predicted octanol–water partition coefficient (Wildman–Crippen LogP) is 2.28. The number of sulfone groups is 1. The van der Waals surface area contributed by atoms with Crippen LogP contribution in [0.4, 0.5) is 14.5 Å². The Kier molecular flexibility index (Phi) is 3.33. The summed E-state index contributed by atoms with van der Waals surface area (Å²) in [5, 5.41) is 0. The van der Waals surface area contributed by atoms with E-state index in [-0.39, 0.29) is 4.90 Å². The summed E-state index contributed by atoms with van der Waals surface area (Å²) in [5.41, 5.74) is 0.394. The van der Waals surface area contributed by atoms with Gasteiger partial charge in [-0.05, 0) is 25.0 Å². The summed E-state index contributed by atoms with van der Waals surface area (Å²) in [6.07, 6.45) is 1.92. The van der Waals surface area contributed by atoms with Gasteiger partial charge in [0, 0.05) is 13.1 Å². The molecule has 1 aromatic carbocycles. The quantitative estimate of drug-likeness (QED) is 0.837. The predicted molar refractivity (Wildman–Crippen MR) is 61.1 cm³/mol. The van der Waals surface area contributed by atoms with Crippen molar-refractivity contribution in [3.8, 4) is 0 Å². The monoisotopic (exact) mass is 261 g/mol. The highest BCUT2D eigenvalue weighted by atomic mass is 32.2. The van der Waals surface area contributed by atoms with Crippen LogP contribution in [0, 0.1) is 0 Å². The standard InChI is InChI=1S/C11H13F2NO2S/c12-11(13)17(15,16)10-6-2-1-5-9(10)14-7-3-4-8-14/h1-2,5-6,11H,3-4,7-8H2. The van der Waals surface area contributed by atoms with Gasteiger partial charge < -0.3 is 4.90 Å². The molecule has 1 saturated heterocycles. The fourth-order valence-electron chi connectivity index (χ4n) is 2.01. The van der Waals surface area contributed by atoms with Gasteiger partial charge in [-0.15, -0.1) is 0 Å². The van der Waals surface area contributed by atoms with Gasteiger partial charge in [0.25, 0.3) is 0 Å². The number of nitrogens with zero attached hydrogens (tertiary/aromatic N) is 1. The summed E-state index contributed by atoms with van der Waals surface area (Å²) < 4.78 is 48.2. The van der Waals surface area contributed by atoms with Crippen LogP contribution < -0.4 is 4.90 Å². The Morgan fingerprint density at radius 1 is 1.12 bits per heavy atom. The Balaban J connectivity index is 2.47. The molecular weight excluding hydrogens is 248 g/mol. The molecule has 0 aliphatic carbocycles. The first kappa shape index (κ1) is 12.3. The second kappa shape index (κ2) is 4.60. The molecule has 17 heavy (non-hydrogen) atoms. The van der Waals surface area contributed by atoms with E-state index in [9.17, 15) is 17.2 Å². The molecule has 6 heteroatoms. The van der Waals surface area contributed by atoms with Crippen molar-refractivity contribution in [2.45, 2.75) is 23.5 Å². The van der Waals surface area contributed by atoms with Crippen molar-refractivity contribution in [1.82, 2.24) is 0 Å².